The third kappa shape index (κ3) is 2.77. The molecule has 0 aromatic carbocycles. The van der Waals surface area contributed by atoms with Crippen LogP contribution in [0.25, 0.3) is 0 Å². The van der Waals surface area contributed by atoms with E-state index in [2.05, 4.69) is 13.8 Å². The maximum absolute atomic E-state index is 6.13. The molecule has 1 aliphatic carbocycles. The van der Waals surface area contributed by atoms with E-state index >= 15 is 0 Å². The van der Waals surface area contributed by atoms with Crippen LogP contribution in [0.5, 0.6) is 0 Å². The van der Waals surface area contributed by atoms with Crippen molar-refractivity contribution in [3.05, 3.63) is 0 Å². The highest BCUT2D eigenvalue weighted by Gasteiger charge is 2.49. The van der Waals surface area contributed by atoms with Gasteiger partial charge in [0.2, 0.25) is 0 Å². The van der Waals surface area contributed by atoms with E-state index in [1.165, 1.54) is 32.1 Å². The Morgan fingerprint density at radius 2 is 1.46 bits per heavy atom. The highest BCUT2D eigenvalue weighted by molar-refractivity contribution is 7.65. The summed E-state index contributed by atoms with van der Waals surface area (Å²) in [7, 11) is 0. The summed E-state index contributed by atoms with van der Waals surface area (Å²) in [6, 6.07) is -2.56. The minimum atomic E-state index is -2.56. The summed E-state index contributed by atoms with van der Waals surface area (Å²) in [6.07, 6.45) is 6.46. The van der Waals surface area contributed by atoms with Crippen molar-refractivity contribution in [2.45, 2.75) is 51.0 Å². The quantitative estimate of drug-likeness (QED) is 0.483. The molecule has 1 saturated carbocycles. The van der Waals surface area contributed by atoms with Crippen LogP contribution in [0.1, 0.15) is 46.0 Å². The summed E-state index contributed by atoms with van der Waals surface area (Å²) >= 11 is 18.4. The van der Waals surface area contributed by atoms with Crippen LogP contribution in [-0.2, 0) is 0 Å². The van der Waals surface area contributed by atoms with Crippen molar-refractivity contribution in [1.82, 2.24) is 0 Å². The van der Waals surface area contributed by atoms with Gasteiger partial charge >= 0.3 is 6.00 Å². The zero-order chi connectivity index (χ0) is 10.1. The molecular formula is C9H17Cl3Si. The van der Waals surface area contributed by atoms with Crippen LogP contribution in [-0.4, -0.2) is 6.00 Å². The Morgan fingerprint density at radius 1 is 1.00 bits per heavy atom. The Morgan fingerprint density at radius 3 is 1.85 bits per heavy atom. The lowest BCUT2D eigenvalue weighted by atomic mass is 9.81. The summed E-state index contributed by atoms with van der Waals surface area (Å²) < 4.78 is 0. The average Bonchev–Trinajstić information content (AvgIpc) is 2.04. The van der Waals surface area contributed by atoms with Crippen molar-refractivity contribution in [3.63, 3.8) is 0 Å². The van der Waals surface area contributed by atoms with Crippen molar-refractivity contribution in [3.8, 4) is 0 Å². The van der Waals surface area contributed by atoms with Crippen molar-refractivity contribution < 1.29 is 0 Å². The van der Waals surface area contributed by atoms with Crippen molar-refractivity contribution >= 4 is 39.2 Å². The van der Waals surface area contributed by atoms with Gasteiger partial charge in [-0.2, -0.15) is 0 Å². The summed E-state index contributed by atoms with van der Waals surface area (Å²) in [5.74, 6) is 0.625. The first-order valence-corrected chi connectivity index (χ1v) is 9.96. The zero-order valence-corrected chi connectivity index (χ0v) is 11.5. The normalized spacial score (nSPS) is 21.9. The van der Waals surface area contributed by atoms with Crippen molar-refractivity contribution in [2.24, 2.45) is 5.92 Å². The smallest absolute Gasteiger partial charge is 0.125 e. The van der Waals surface area contributed by atoms with Crippen LogP contribution in [0.15, 0.2) is 0 Å². The molecule has 0 nitrogen and oxygen atoms in total. The number of rotatable bonds is 2. The number of hydrogen-bond donors (Lipinski definition) is 0. The van der Waals surface area contributed by atoms with E-state index in [0.717, 1.165) is 0 Å². The molecule has 13 heavy (non-hydrogen) atoms. The van der Waals surface area contributed by atoms with Gasteiger partial charge in [0.05, 0.1) is 0 Å². The largest absolute Gasteiger partial charge is 0.346 e. The molecule has 0 aromatic heterocycles. The SMILES string of the molecule is CC(C)(C1CCCCC1)[Si](Cl)(Cl)Cl. The Hall–Kier alpha value is 1.09. The number of halogens is 3. The molecule has 1 rings (SSSR count). The lowest BCUT2D eigenvalue weighted by Crippen LogP contribution is -2.36. The monoisotopic (exact) mass is 258 g/mol. The molecule has 0 unspecified atom stereocenters. The lowest BCUT2D eigenvalue weighted by Gasteiger charge is -2.40. The Kier molecular flexibility index (Phi) is 4.02. The van der Waals surface area contributed by atoms with Gasteiger partial charge in [0.1, 0.15) is 0 Å². The molecule has 0 N–H and O–H groups in total. The van der Waals surface area contributed by atoms with Gasteiger partial charge in [0, 0.05) is 5.04 Å². The maximum Gasteiger partial charge on any atom is 0.346 e. The fraction of sp³-hybridized carbons (Fsp3) is 1.00. The van der Waals surface area contributed by atoms with E-state index in [4.69, 9.17) is 33.2 Å². The summed E-state index contributed by atoms with van der Waals surface area (Å²) in [4.78, 5) is 0. The first kappa shape index (κ1) is 12.2. The van der Waals surface area contributed by atoms with Crippen LogP contribution in [0.3, 0.4) is 0 Å². The molecule has 4 heteroatoms. The maximum atomic E-state index is 6.13. The first-order chi connectivity index (χ1) is 5.86. The van der Waals surface area contributed by atoms with Gasteiger partial charge in [-0.25, -0.2) is 0 Å². The van der Waals surface area contributed by atoms with Gasteiger partial charge in [0.15, 0.2) is 0 Å². The van der Waals surface area contributed by atoms with E-state index in [9.17, 15) is 0 Å². The van der Waals surface area contributed by atoms with E-state index in [-0.39, 0.29) is 5.04 Å². The van der Waals surface area contributed by atoms with Gasteiger partial charge in [0.25, 0.3) is 0 Å². The van der Waals surface area contributed by atoms with Crippen LogP contribution < -0.4 is 0 Å². The van der Waals surface area contributed by atoms with E-state index in [0.29, 0.717) is 5.92 Å². The number of hydrogen-bond acceptors (Lipinski definition) is 0. The third-order valence-corrected chi connectivity index (χ3v) is 9.61. The highest BCUT2D eigenvalue weighted by Crippen LogP contribution is 2.55. The van der Waals surface area contributed by atoms with E-state index in [1.807, 2.05) is 0 Å². The Labute approximate surface area is 96.1 Å². The van der Waals surface area contributed by atoms with Gasteiger partial charge in [-0.15, -0.1) is 33.2 Å². The summed E-state index contributed by atoms with van der Waals surface area (Å²) in [5, 5.41) is -0.0575. The van der Waals surface area contributed by atoms with Gasteiger partial charge in [-0.05, 0) is 5.92 Å². The van der Waals surface area contributed by atoms with Gasteiger partial charge in [-0.3, -0.25) is 0 Å². The fourth-order valence-corrected chi connectivity index (χ4v) is 4.20. The fourth-order valence-electron chi connectivity index (χ4n) is 2.06. The molecule has 1 aliphatic rings. The van der Waals surface area contributed by atoms with E-state index in [1.54, 1.807) is 0 Å². The molecule has 0 atom stereocenters. The molecule has 0 heterocycles. The molecule has 78 valence electrons. The van der Waals surface area contributed by atoms with E-state index < -0.39 is 6.00 Å². The van der Waals surface area contributed by atoms with Crippen LogP contribution >= 0.6 is 33.2 Å². The molecular weight excluding hydrogens is 243 g/mol. The summed E-state index contributed by atoms with van der Waals surface area (Å²) in [6.45, 7) is 4.25. The Bertz CT molecular complexity index is 168. The van der Waals surface area contributed by atoms with Crippen LogP contribution in [0.4, 0.5) is 0 Å². The molecule has 0 aromatic rings. The van der Waals surface area contributed by atoms with Gasteiger partial charge in [-0.1, -0.05) is 46.0 Å². The summed E-state index contributed by atoms with van der Waals surface area (Å²) in [5.41, 5.74) is 0. The third-order valence-electron chi connectivity index (χ3n) is 3.36. The minimum Gasteiger partial charge on any atom is -0.125 e. The molecule has 0 aliphatic heterocycles. The molecule has 0 bridgehead atoms. The standard InChI is InChI=1S/C9H17Cl3Si/c1-9(2,13(10,11)12)8-6-4-3-5-7-8/h8H,3-7H2,1-2H3. The second kappa shape index (κ2) is 4.30. The predicted octanol–water partition coefficient (Wildman–Crippen LogP) is 5.00. The highest BCUT2D eigenvalue weighted by atomic mass is 35.8. The van der Waals surface area contributed by atoms with Crippen molar-refractivity contribution in [1.29, 1.82) is 0 Å². The second-order valence-electron chi connectivity index (χ2n) is 4.55. The molecule has 0 saturated heterocycles. The van der Waals surface area contributed by atoms with Crippen LogP contribution in [0.2, 0.25) is 5.04 Å². The molecule has 0 amide bonds. The average molecular weight is 260 g/mol. The van der Waals surface area contributed by atoms with Gasteiger partial charge < -0.3 is 0 Å². The van der Waals surface area contributed by atoms with Crippen molar-refractivity contribution in [2.75, 3.05) is 0 Å². The van der Waals surface area contributed by atoms with Crippen LogP contribution in [0, 0.1) is 5.92 Å². The lowest BCUT2D eigenvalue weighted by molar-refractivity contribution is 0.289. The zero-order valence-electron chi connectivity index (χ0n) is 8.25. The first-order valence-electron chi connectivity index (χ1n) is 4.92. The topological polar surface area (TPSA) is 0 Å². The predicted molar refractivity (Wildman–Crippen MR) is 63.9 cm³/mol. The molecule has 0 radical (unpaired) electrons. The minimum absolute atomic E-state index is 0.0575. The second-order valence-corrected chi connectivity index (χ2v) is 13.7. The molecule has 1 fully saturated rings. The molecule has 0 spiro atoms. The Balaban J connectivity index is 2.67.